The van der Waals surface area contributed by atoms with Crippen LogP contribution in [0.3, 0.4) is 0 Å². The molecule has 0 saturated carbocycles. The summed E-state index contributed by atoms with van der Waals surface area (Å²) in [5.41, 5.74) is 1.83. The number of amides is 1. The molecule has 0 spiro atoms. The van der Waals surface area contributed by atoms with Crippen LogP contribution in [-0.4, -0.2) is 10.9 Å². The fraction of sp³-hybridized carbons (Fsp3) is 0.143. The number of benzene rings is 2. The van der Waals surface area contributed by atoms with E-state index < -0.39 is 0 Å². The lowest BCUT2D eigenvalue weighted by molar-refractivity contribution is -0.121. The minimum atomic E-state index is -0.303. The highest BCUT2D eigenvalue weighted by molar-refractivity contribution is 5.76. The second-order valence-electron chi connectivity index (χ2n) is 5.80. The van der Waals surface area contributed by atoms with Crippen LogP contribution in [0.5, 0.6) is 11.5 Å². The molecule has 0 aliphatic carbocycles. The van der Waals surface area contributed by atoms with E-state index in [1.165, 1.54) is 12.1 Å². The van der Waals surface area contributed by atoms with Gasteiger partial charge in [0.05, 0.1) is 12.2 Å². The van der Waals surface area contributed by atoms with Crippen molar-refractivity contribution >= 4 is 5.91 Å². The van der Waals surface area contributed by atoms with E-state index >= 15 is 0 Å². The standard InChI is InChI=1S/C21H19FN2O2/c22-17-8-10-19(11-9-17)26-20-6-3-4-16(14-20)7-12-21(25)24-15-18-5-1-2-13-23-18/h1-6,8-11,13-14H,7,12,15H2,(H,24,25). The topological polar surface area (TPSA) is 51.2 Å². The molecule has 0 saturated heterocycles. The smallest absolute Gasteiger partial charge is 0.220 e. The molecule has 4 nitrogen and oxygen atoms in total. The summed E-state index contributed by atoms with van der Waals surface area (Å²) in [4.78, 5) is 16.2. The Labute approximate surface area is 151 Å². The summed E-state index contributed by atoms with van der Waals surface area (Å²) in [6, 6.07) is 19.0. The summed E-state index contributed by atoms with van der Waals surface area (Å²) in [7, 11) is 0. The molecule has 1 aromatic heterocycles. The summed E-state index contributed by atoms with van der Waals surface area (Å²) >= 11 is 0. The number of hydrogen-bond donors (Lipinski definition) is 1. The fourth-order valence-electron chi connectivity index (χ4n) is 2.44. The molecule has 2 aromatic carbocycles. The van der Waals surface area contributed by atoms with Crippen molar-refractivity contribution in [2.75, 3.05) is 0 Å². The van der Waals surface area contributed by atoms with E-state index in [2.05, 4.69) is 10.3 Å². The van der Waals surface area contributed by atoms with Gasteiger partial charge in [-0.05, 0) is 60.5 Å². The lowest BCUT2D eigenvalue weighted by Crippen LogP contribution is -2.23. The molecule has 0 atom stereocenters. The molecule has 0 radical (unpaired) electrons. The summed E-state index contributed by atoms with van der Waals surface area (Å²) in [5, 5.41) is 2.86. The van der Waals surface area contributed by atoms with Crippen LogP contribution in [0.4, 0.5) is 4.39 Å². The SMILES string of the molecule is O=C(CCc1cccc(Oc2ccc(F)cc2)c1)NCc1ccccn1. The number of halogens is 1. The second-order valence-corrected chi connectivity index (χ2v) is 5.80. The van der Waals surface area contributed by atoms with Gasteiger partial charge in [0.25, 0.3) is 0 Å². The Morgan fingerprint density at radius 1 is 1.00 bits per heavy atom. The lowest BCUT2D eigenvalue weighted by atomic mass is 10.1. The average molecular weight is 350 g/mol. The van der Waals surface area contributed by atoms with Crippen LogP contribution < -0.4 is 10.1 Å². The van der Waals surface area contributed by atoms with Gasteiger partial charge in [0.1, 0.15) is 17.3 Å². The van der Waals surface area contributed by atoms with Crippen LogP contribution in [-0.2, 0) is 17.8 Å². The third-order valence-electron chi connectivity index (χ3n) is 3.78. The predicted molar refractivity (Wildman–Crippen MR) is 97.3 cm³/mol. The summed E-state index contributed by atoms with van der Waals surface area (Å²) in [5.74, 6) is 0.892. The molecule has 3 aromatic rings. The van der Waals surface area contributed by atoms with Gasteiger partial charge in [0.15, 0.2) is 0 Å². The number of nitrogens with one attached hydrogen (secondary N) is 1. The first-order valence-electron chi connectivity index (χ1n) is 8.38. The number of hydrogen-bond acceptors (Lipinski definition) is 3. The van der Waals surface area contributed by atoms with E-state index in [1.807, 2.05) is 42.5 Å². The van der Waals surface area contributed by atoms with Gasteiger partial charge in [-0.3, -0.25) is 9.78 Å². The van der Waals surface area contributed by atoms with E-state index in [4.69, 9.17) is 4.74 Å². The molecule has 0 aliphatic rings. The first-order valence-corrected chi connectivity index (χ1v) is 8.38. The molecular formula is C21H19FN2O2. The minimum Gasteiger partial charge on any atom is -0.457 e. The molecule has 26 heavy (non-hydrogen) atoms. The van der Waals surface area contributed by atoms with Gasteiger partial charge in [-0.1, -0.05) is 18.2 Å². The Kier molecular flexibility index (Phi) is 5.93. The number of pyridine rings is 1. The number of ether oxygens (including phenoxy) is 1. The number of rotatable bonds is 7. The van der Waals surface area contributed by atoms with Crippen LogP contribution in [0.25, 0.3) is 0 Å². The van der Waals surface area contributed by atoms with Gasteiger partial charge in [-0.15, -0.1) is 0 Å². The van der Waals surface area contributed by atoms with Gasteiger partial charge < -0.3 is 10.1 Å². The van der Waals surface area contributed by atoms with E-state index in [-0.39, 0.29) is 11.7 Å². The maximum Gasteiger partial charge on any atom is 0.220 e. The zero-order chi connectivity index (χ0) is 18.2. The van der Waals surface area contributed by atoms with Crippen molar-refractivity contribution in [2.45, 2.75) is 19.4 Å². The normalized spacial score (nSPS) is 10.3. The van der Waals surface area contributed by atoms with E-state index in [0.29, 0.717) is 30.9 Å². The van der Waals surface area contributed by atoms with E-state index in [9.17, 15) is 9.18 Å². The zero-order valence-corrected chi connectivity index (χ0v) is 14.2. The highest BCUT2D eigenvalue weighted by Crippen LogP contribution is 2.22. The molecule has 0 bridgehead atoms. The Balaban J connectivity index is 1.50. The molecule has 0 aliphatic heterocycles. The third kappa shape index (κ3) is 5.41. The van der Waals surface area contributed by atoms with Crippen molar-refractivity contribution in [1.29, 1.82) is 0 Å². The fourth-order valence-corrected chi connectivity index (χ4v) is 2.44. The predicted octanol–water partition coefficient (Wildman–Crippen LogP) is 4.26. The molecule has 132 valence electrons. The number of aromatic nitrogens is 1. The number of nitrogens with zero attached hydrogens (tertiary/aromatic N) is 1. The van der Waals surface area contributed by atoms with Crippen LogP contribution in [0.1, 0.15) is 17.7 Å². The van der Waals surface area contributed by atoms with E-state index in [1.54, 1.807) is 18.3 Å². The molecular weight excluding hydrogens is 331 g/mol. The van der Waals surface area contributed by atoms with Crippen molar-refractivity contribution in [3.8, 4) is 11.5 Å². The Morgan fingerprint density at radius 3 is 2.62 bits per heavy atom. The van der Waals surface area contributed by atoms with Gasteiger partial charge >= 0.3 is 0 Å². The molecule has 0 fully saturated rings. The van der Waals surface area contributed by atoms with Crippen LogP contribution >= 0.6 is 0 Å². The largest absolute Gasteiger partial charge is 0.457 e. The maximum atomic E-state index is 12.9. The lowest BCUT2D eigenvalue weighted by Gasteiger charge is -2.08. The van der Waals surface area contributed by atoms with Crippen LogP contribution in [0.15, 0.2) is 72.9 Å². The first-order chi connectivity index (χ1) is 12.7. The minimum absolute atomic E-state index is 0.0273. The van der Waals surface area contributed by atoms with Gasteiger partial charge in [-0.2, -0.15) is 0 Å². The van der Waals surface area contributed by atoms with Crippen LogP contribution in [0.2, 0.25) is 0 Å². The van der Waals surface area contributed by atoms with Crippen molar-refractivity contribution in [3.05, 3.63) is 90.0 Å². The maximum absolute atomic E-state index is 12.9. The number of carbonyl (C=O) groups is 1. The van der Waals surface area contributed by atoms with Crippen LogP contribution in [0, 0.1) is 5.82 Å². The highest BCUT2D eigenvalue weighted by atomic mass is 19.1. The Morgan fingerprint density at radius 2 is 1.85 bits per heavy atom. The molecule has 3 rings (SSSR count). The van der Waals surface area contributed by atoms with Crippen molar-refractivity contribution in [3.63, 3.8) is 0 Å². The summed E-state index contributed by atoms with van der Waals surface area (Å²) < 4.78 is 18.7. The first kappa shape index (κ1) is 17.6. The Bertz CT molecular complexity index is 851. The second kappa shape index (κ2) is 8.76. The monoisotopic (exact) mass is 350 g/mol. The quantitative estimate of drug-likeness (QED) is 0.693. The van der Waals surface area contributed by atoms with Gasteiger partial charge in [-0.25, -0.2) is 4.39 Å². The van der Waals surface area contributed by atoms with E-state index in [0.717, 1.165) is 11.3 Å². The molecule has 1 heterocycles. The summed E-state index contributed by atoms with van der Waals surface area (Å²) in [6.45, 7) is 0.424. The number of carbonyl (C=O) groups excluding carboxylic acids is 1. The van der Waals surface area contributed by atoms with Crippen molar-refractivity contribution in [1.82, 2.24) is 10.3 Å². The van der Waals surface area contributed by atoms with Crippen molar-refractivity contribution < 1.29 is 13.9 Å². The number of aryl methyl sites for hydroxylation is 1. The molecule has 5 heteroatoms. The average Bonchev–Trinajstić information content (AvgIpc) is 2.68. The van der Waals surface area contributed by atoms with Crippen molar-refractivity contribution in [2.24, 2.45) is 0 Å². The molecule has 1 amide bonds. The third-order valence-corrected chi connectivity index (χ3v) is 3.78. The van der Waals surface area contributed by atoms with Gasteiger partial charge in [0.2, 0.25) is 5.91 Å². The zero-order valence-electron chi connectivity index (χ0n) is 14.2. The summed E-state index contributed by atoms with van der Waals surface area (Å²) in [6.07, 6.45) is 2.69. The molecule has 0 unspecified atom stereocenters. The molecule has 1 N–H and O–H groups in total. The highest BCUT2D eigenvalue weighted by Gasteiger charge is 2.05. The Hall–Kier alpha value is -3.21. The van der Waals surface area contributed by atoms with Gasteiger partial charge in [0, 0.05) is 12.6 Å².